The third kappa shape index (κ3) is 15.6. The number of carbonyl (C=O) groups is 1. The monoisotopic (exact) mass is 1330 g/mol. The summed E-state index contributed by atoms with van der Waals surface area (Å²) in [6.45, 7) is 8.73. The number of carbonyl (C=O) groups excluding carboxylic acids is 1. The summed E-state index contributed by atoms with van der Waals surface area (Å²) in [7, 11) is -16.9. The van der Waals surface area contributed by atoms with Crippen molar-refractivity contribution in [2.24, 2.45) is 0 Å². The highest BCUT2D eigenvalue weighted by molar-refractivity contribution is 9.11. The van der Waals surface area contributed by atoms with Gasteiger partial charge >= 0.3 is 29.2 Å². The Morgan fingerprint density at radius 3 is 2.46 bits per heavy atom. The number of nitrogens with zero attached hydrogens (tertiary/aromatic N) is 7. The minimum Gasteiger partial charge on any atom is -0.390 e. The topological polar surface area (TPSA) is 328 Å². The van der Waals surface area contributed by atoms with Gasteiger partial charge in [0.1, 0.15) is 18.1 Å². The maximum Gasteiger partial charge on any atom is 0.490 e. The van der Waals surface area contributed by atoms with Gasteiger partial charge in [-0.2, -0.15) is 18.2 Å². The van der Waals surface area contributed by atoms with Crippen LogP contribution in [0.1, 0.15) is 94.8 Å². The summed E-state index contributed by atoms with van der Waals surface area (Å²) >= 11 is 7.02. The Labute approximate surface area is 495 Å². The van der Waals surface area contributed by atoms with E-state index in [1.165, 1.54) is 17.3 Å². The molecular formula is C54H64Br2N10O14P3+. The van der Waals surface area contributed by atoms with Crippen molar-refractivity contribution in [3.05, 3.63) is 163 Å². The second-order valence-electron chi connectivity index (χ2n) is 20.7. The van der Waals surface area contributed by atoms with Crippen LogP contribution in [0.15, 0.2) is 135 Å². The van der Waals surface area contributed by atoms with Crippen LogP contribution in [0, 0.1) is 11.8 Å². The van der Waals surface area contributed by atoms with Crippen LogP contribution < -0.4 is 27.0 Å². The van der Waals surface area contributed by atoms with Gasteiger partial charge in [-0.05, 0) is 79.8 Å². The Bertz CT molecular complexity index is 3630. The van der Waals surface area contributed by atoms with Crippen molar-refractivity contribution >= 4 is 84.1 Å². The van der Waals surface area contributed by atoms with E-state index in [0.29, 0.717) is 38.0 Å². The third-order valence-electron chi connectivity index (χ3n) is 14.2. The quantitative estimate of drug-likeness (QED) is 0.0160. The molecule has 4 unspecified atom stereocenters. The SMILES string of the molecule is CC1(C)C(/C=C/C2=C(NCC(=O)NCCn3cc(CCCC#Cc4cn(C5CC(O)[C@@H](COP(=O)(O)OP(=O)(O)OP(=O)(O)O)O5)c(=O)nc4N)nn3)C(=C/C=C3/N(/C=C/Br)c4ccccc4C3(C)C)/CCC2)=[N+](/C=C/Br)c2ccccc21. The van der Waals surface area contributed by atoms with Crippen molar-refractivity contribution in [1.29, 1.82) is 0 Å². The van der Waals surface area contributed by atoms with Crippen molar-refractivity contribution in [3.63, 3.8) is 0 Å². The van der Waals surface area contributed by atoms with Crippen LogP contribution in [0.4, 0.5) is 17.2 Å². The van der Waals surface area contributed by atoms with Gasteiger partial charge in [-0.25, -0.2) is 18.5 Å². The normalized spacial score (nSPS) is 21.9. The smallest absolute Gasteiger partial charge is 0.390 e. The Balaban J connectivity index is 0.871. The van der Waals surface area contributed by atoms with Crippen LogP contribution in [0.3, 0.4) is 0 Å². The molecule has 0 radical (unpaired) electrons. The van der Waals surface area contributed by atoms with Crippen molar-refractivity contribution in [1.82, 2.24) is 35.2 Å². The molecule has 8 rings (SSSR count). The first-order valence-corrected chi connectivity index (χ1v) is 32.6. The predicted molar refractivity (Wildman–Crippen MR) is 317 cm³/mol. The first-order chi connectivity index (χ1) is 39.3. The average Bonchev–Trinajstić information content (AvgIpc) is 2.11. The molecule has 3 aliphatic heterocycles. The number of para-hydroxylation sites is 2. The number of aryl methyl sites for hydroxylation is 1. The molecule has 2 aromatic heterocycles. The van der Waals surface area contributed by atoms with Gasteiger partial charge in [-0.3, -0.25) is 18.6 Å². The molecule has 0 bridgehead atoms. The van der Waals surface area contributed by atoms with E-state index in [9.17, 15) is 38.2 Å². The summed E-state index contributed by atoms with van der Waals surface area (Å²) in [5.74, 6) is 5.52. The number of phosphoric ester groups is 1. The van der Waals surface area contributed by atoms with E-state index >= 15 is 0 Å². The van der Waals surface area contributed by atoms with Gasteiger partial charge in [0.25, 0.3) is 0 Å². The number of aliphatic hydroxyl groups excluding tert-OH is 1. The molecule has 24 nitrogen and oxygen atoms in total. The second-order valence-corrected chi connectivity index (χ2v) is 26.1. The van der Waals surface area contributed by atoms with Crippen molar-refractivity contribution in [2.75, 3.05) is 30.3 Å². The van der Waals surface area contributed by atoms with Gasteiger partial charge in [-0.15, -0.1) is 5.10 Å². The van der Waals surface area contributed by atoms with Crippen molar-refractivity contribution in [2.45, 2.75) is 108 Å². The molecule has 9 N–H and O–H groups in total. The lowest BCUT2D eigenvalue weighted by molar-refractivity contribution is -0.356. The molecule has 1 aliphatic carbocycles. The number of benzene rings is 2. The number of nitrogen functional groups attached to an aromatic ring is 1. The fourth-order valence-corrected chi connectivity index (χ4v) is 13.8. The first kappa shape index (κ1) is 63.3. The van der Waals surface area contributed by atoms with Crippen LogP contribution in [-0.4, -0.2) is 97.3 Å². The number of nitrogens with two attached hydrogens (primary N) is 1. The van der Waals surface area contributed by atoms with Gasteiger partial charge in [0.15, 0.2) is 11.9 Å². The third-order valence-corrected chi connectivity index (χ3v) is 18.5. The number of aliphatic hydroxyl groups is 1. The fraction of sp³-hybridized carbons (Fsp3) is 0.370. The number of amides is 1. The minimum atomic E-state index is -5.77. The van der Waals surface area contributed by atoms with E-state index in [4.69, 9.17) is 20.3 Å². The Morgan fingerprint density at radius 2 is 1.71 bits per heavy atom. The van der Waals surface area contributed by atoms with Gasteiger partial charge in [0.2, 0.25) is 11.6 Å². The number of phosphoric acid groups is 3. The molecule has 1 fully saturated rings. The van der Waals surface area contributed by atoms with Crippen LogP contribution >= 0.6 is 55.3 Å². The lowest BCUT2D eigenvalue weighted by Gasteiger charge is -2.26. The van der Waals surface area contributed by atoms with E-state index in [1.54, 1.807) is 10.9 Å². The van der Waals surface area contributed by atoms with Crippen LogP contribution in [0.25, 0.3) is 0 Å². The van der Waals surface area contributed by atoms with Crippen molar-refractivity contribution < 1.29 is 65.6 Å². The molecule has 5 atom stereocenters. The summed E-state index contributed by atoms with van der Waals surface area (Å²) < 4.78 is 57.2. The van der Waals surface area contributed by atoms with Crippen molar-refractivity contribution in [3.8, 4) is 11.8 Å². The summed E-state index contributed by atoms with van der Waals surface area (Å²) in [6.07, 6.45) is 15.8. The molecule has 442 valence electrons. The van der Waals surface area contributed by atoms with Gasteiger partial charge < -0.3 is 50.7 Å². The number of ether oxygens (including phenoxy) is 1. The number of rotatable bonds is 22. The number of hydrogen-bond acceptors (Lipinski definition) is 16. The molecule has 29 heteroatoms. The van der Waals surface area contributed by atoms with Crippen LogP contribution in [0.2, 0.25) is 0 Å². The number of fused-ring (bicyclic) bond motifs is 2. The maximum absolute atomic E-state index is 13.6. The number of allylic oxidation sites excluding steroid dienone is 7. The summed E-state index contributed by atoms with van der Waals surface area (Å²) in [6, 6.07) is 16.9. The lowest BCUT2D eigenvalue weighted by atomic mass is 9.81. The van der Waals surface area contributed by atoms with Gasteiger partial charge in [-0.1, -0.05) is 111 Å². The number of hydrogen-bond donors (Lipinski definition) is 8. The molecule has 83 heavy (non-hydrogen) atoms. The fourth-order valence-electron chi connectivity index (χ4n) is 10.3. The highest BCUT2D eigenvalue weighted by Crippen LogP contribution is 2.66. The van der Waals surface area contributed by atoms with E-state index in [1.807, 2.05) is 22.4 Å². The Morgan fingerprint density at radius 1 is 0.964 bits per heavy atom. The molecule has 1 amide bonds. The first-order valence-electron chi connectivity index (χ1n) is 26.2. The highest BCUT2D eigenvalue weighted by Gasteiger charge is 2.45. The highest BCUT2D eigenvalue weighted by atomic mass is 79.9. The van der Waals surface area contributed by atoms with Gasteiger partial charge in [0.05, 0.1) is 42.5 Å². The molecule has 0 saturated carbocycles. The van der Waals surface area contributed by atoms with E-state index in [2.05, 4.69) is 193 Å². The zero-order valence-corrected chi connectivity index (χ0v) is 51.5. The largest absolute Gasteiger partial charge is 0.490 e. The van der Waals surface area contributed by atoms with E-state index in [0.717, 1.165) is 63.5 Å². The molecule has 0 spiro atoms. The standard InChI is InChI=1S/C54H63Br2N10O14P3/c1-53(2)40-17-8-10-19-42(40)64(28-25-55)46(53)23-21-36-14-12-15-37(22-24-47-54(3,4)41-18-9-11-20-43(41)65(47)29-26-56)50(36)59-32-48(68)58-27-30-63-34-39(61-62-63)16-7-5-6-13-38-33-66(52(69)60-51(38)57)49-31-44(67)45(78-49)35-77-82(73,74)80-83(75,76)79-81(70,71)72/h8-11,17-26,28-29,33-34,44-45,49,67H,5,7,12,14-16,27,30-32,35H2,1-4H3,(H7,57,58,60,68,69,70,71,72,73,74,75,76)/p+1/b28-25+,29-26+,36-21+,46-23+/t44?,45-,49?/m1/s1. The predicted octanol–water partition coefficient (Wildman–Crippen LogP) is 7.90. The molecule has 5 heterocycles. The molecule has 2 aromatic carbocycles. The number of unbranched alkanes of at least 4 members (excludes halogenated alkanes) is 1. The number of aromatic nitrogens is 5. The van der Waals surface area contributed by atoms with Crippen LogP contribution in [-0.2, 0) is 60.2 Å². The number of anilines is 2. The zero-order chi connectivity index (χ0) is 59.9. The summed E-state index contributed by atoms with van der Waals surface area (Å²) in [5.41, 5.74) is 15.6. The number of halogens is 2. The Hall–Kier alpha value is -5.71. The zero-order valence-electron chi connectivity index (χ0n) is 45.6. The van der Waals surface area contributed by atoms with E-state index < -0.39 is 54.2 Å². The number of nitrogens with one attached hydrogen (secondary N) is 2. The molecule has 4 aromatic rings. The molecule has 1 saturated heterocycles. The average molecular weight is 1330 g/mol. The lowest BCUT2D eigenvalue weighted by Crippen LogP contribution is -2.36. The summed E-state index contributed by atoms with van der Waals surface area (Å²) in [4.78, 5) is 72.8. The molecule has 4 aliphatic rings. The van der Waals surface area contributed by atoms with E-state index in [-0.39, 0.29) is 41.1 Å². The minimum absolute atomic E-state index is 0.0408. The van der Waals surface area contributed by atoms with Crippen LogP contribution in [0.5, 0.6) is 0 Å². The van der Waals surface area contributed by atoms with Gasteiger partial charge in [0, 0.05) is 83.2 Å². The summed E-state index contributed by atoms with van der Waals surface area (Å²) in [5, 5.41) is 25.7. The maximum atomic E-state index is 13.6. The second kappa shape index (κ2) is 26.7. The molecular weight excluding hydrogens is 1270 g/mol. The Kier molecular flexibility index (Phi) is 20.4.